The number of nitrogens with zero attached hydrogens (tertiary/aromatic N) is 1. The topological polar surface area (TPSA) is 34.1 Å². The molecule has 0 aliphatic rings. The second-order valence-corrected chi connectivity index (χ2v) is 4.21. The van der Waals surface area contributed by atoms with E-state index >= 15 is 0 Å². The molecule has 1 aromatic heterocycles. The number of aryl methyl sites for hydroxylation is 1. The summed E-state index contributed by atoms with van der Waals surface area (Å²) in [4.78, 5) is 4.17. The Labute approximate surface area is 112 Å². The van der Waals surface area contributed by atoms with E-state index < -0.39 is 0 Å². The smallest absolute Gasteiger partial charge is 0.237 e. The molecule has 0 unspecified atom stereocenters. The highest BCUT2D eigenvalue weighted by atomic mass is 19.1. The molecule has 1 N–H and O–H groups in total. The maximum Gasteiger partial charge on any atom is 0.237 e. The van der Waals surface area contributed by atoms with E-state index in [4.69, 9.17) is 4.74 Å². The quantitative estimate of drug-likeness (QED) is 0.892. The summed E-state index contributed by atoms with van der Waals surface area (Å²) in [6.45, 7) is 4.99. The Morgan fingerprint density at radius 1 is 1.32 bits per heavy atom. The molecule has 0 bridgehead atoms. The van der Waals surface area contributed by atoms with Crippen molar-refractivity contribution in [2.24, 2.45) is 0 Å². The van der Waals surface area contributed by atoms with Crippen molar-refractivity contribution in [3.8, 4) is 5.88 Å². The molecule has 2 rings (SSSR count). The number of benzene rings is 1. The van der Waals surface area contributed by atoms with Crippen LogP contribution in [0.25, 0.3) is 0 Å². The predicted molar refractivity (Wildman–Crippen MR) is 73.9 cm³/mol. The van der Waals surface area contributed by atoms with E-state index in [9.17, 15) is 4.39 Å². The Morgan fingerprint density at radius 2 is 2.16 bits per heavy atom. The number of hydrogen-bond donors (Lipinski definition) is 1. The minimum Gasteiger partial charge on any atom is -0.476 e. The minimum atomic E-state index is -0.211. The van der Waals surface area contributed by atoms with Gasteiger partial charge in [-0.2, -0.15) is 0 Å². The Balaban J connectivity index is 2.10. The van der Waals surface area contributed by atoms with Crippen LogP contribution < -0.4 is 10.1 Å². The zero-order valence-electron chi connectivity index (χ0n) is 11.1. The van der Waals surface area contributed by atoms with Gasteiger partial charge in [0, 0.05) is 12.7 Å². The van der Waals surface area contributed by atoms with Crippen LogP contribution in [0.5, 0.6) is 5.88 Å². The molecule has 0 aliphatic heterocycles. The molecule has 0 atom stereocenters. The van der Waals surface area contributed by atoms with Gasteiger partial charge in [-0.3, -0.25) is 0 Å². The lowest BCUT2D eigenvalue weighted by Crippen LogP contribution is -2.05. The van der Waals surface area contributed by atoms with Gasteiger partial charge in [-0.25, -0.2) is 9.37 Å². The lowest BCUT2D eigenvalue weighted by molar-refractivity contribution is 0.328. The SMILES string of the molecule is CCOc1ncccc1NCc1ccc(F)cc1C. The van der Waals surface area contributed by atoms with Gasteiger partial charge in [-0.15, -0.1) is 0 Å². The monoisotopic (exact) mass is 260 g/mol. The highest BCUT2D eigenvalue weighted by Crippen LogP contribution is 2.21. The maximum absolute atomic E-state index is 13.0. The number of anilines is 1. The standard InChI is InChI=1S/C15H17FN2O/c1-3-19-15-14(5-4-8-17-15)18-10-12-6-7-13(16)9-11(12)2/h4-9,18H,3,10H2,1-2H3. The normalized spacial score (nSPS) is 10.3. The maximum atomic E-state index is 13.0. The Morgan fingerprint density at radius 3 is 2.89 bits per heavy atom. The van der Waals surface area contributed by atoms with Gasteiger partial charge in [0.05, 0.1) is 12.3 Å². The van der Waals surface area contributed by atoms with Gasteiger partial charge >= 0.3 is 0 Å². The average Bonchev–Trinajstić information content (AvgIpc) is 2.40. The third-order valence-corrected chi connectivity index (χ3v) is 2.83. The van der Waals surface area contributed by atoms with Gasteiger partial charge in [0.25, 0.3) is 0 Å². The highest BCUT2D eigenvalue weighted by Gasteiger charge is 2.05. The molecule has 1 heterocycles. The molecular formula is C15H17FN2O. The fourth-order valence-electron chi connectivity index (χ4n) is 1.83. The molecule has 0 amide bonds. The first-order valence-electron chi connectivity index (χ1n) is 6.27. The molecule has 2 aromatic rings. The van der Waals surface area contributed by atoms with Crippen LogP contribution in [0.4, 0.5) is 10.1 Å². The summed E-state index contributed by atoms with van der Waals surface area (Å²) in [6, 6.07) is 8.55. The Bertz CT molecular complexity index is 558. The summed E-state index contributed by atoms with van der Waals surface area (Å²) in [6.07, 6.45) is 1.69. The van der Waals surface area contributed by atoms with E-state index in [1.807, 2.05) is 26.0 Å². The molecule has 0 saturated heterocycles. The molecule has 0 radical (unpaired) electrons. The summed E-state index contributed by atoms with van der Waals surface area (Å²) < 4.78 is 18.5. The molecule has 0 spiro atoms. The average molecular weight is 260 g/mol. The first-order valence-corrected chi connectivity index (χ1v) is 6.27. The van der Waals surface area contributed by atoms with E-state index in [2.05, 4.69) is 10.3 Å². The van der Waals surface area contributed by atoms with Crippen molar-refractivity contribution in [1.82, 2.24) is 4.98 Å². The second kappa shape index (κ2) is 6.18. The number of nitrogens with one attached hydrogen (secondary N) is 1. The third-order valence-electron chi connectivity index (χ3n) is 2.83. The van der Waals surface area contributed by atoms with Crippen LogP contribution in [0.1, 0.15) is 18.1 Å². The predicted octanol–water partition coefficient (Wildman–Crippen LogP) is 3.54. The summed E-state index contributed by atoms with van der Waals surface area (Å²) >= 11 is 0. The van der Waals surface area contributed by atoms with E-state index in [0.29, 0.717) is 19.0 Å². The third kappa shape index (κ3) is 3.44. The van der Waals surface area contributed by atoms with Gasteiger partial charge in [-0.05, 0) is 49.2 Å². The van der Waals surface area contributed by atoms with Crippen molar-refractivity contribution >= 4 is 5.69 Å². The number of pyridine rings is 1. The van der Waals surface area contributed by atoms with Gasteiger partial charge in [-0.1, -0.05) is 6.07 Å². The molecule has 19 heavy (non-hydrogen) atoms. The van der Waals surface area contributed by atoms with Gasteiger partial charge in [0.15, 0.2) is 0 Å². The number of halogens is 1. The molecule has 4 heteroatoms. The van der Waals surface area contributed by atoms with Crippen molar-refractivity contribution in [2.45, 2.75) is 20.4 Å². The second-order valence-electron chi connectivity index (χ2n) is 4.21. The molecule has 0 fully saturated rings. The number of aromatic nitrogens is 1. The van der Waals surface area contributed by atoms with Crippen LogP contribution in [-0.2, 0) is 6.54 Å². The van der Waals surface area contributed by atoms with Crippen LogP contribution in [0.15, 0.2) is 36.5 Å². The van der Waals surface area contributed by atoms with E-state index in [0.717, 1.165) is 16.8 Å². The van der Waals surface area contributed by atoms with Crippen LogP contribution >= 0.6 is 0 Å². The molecule has 0 saturated carbocycles. The molecule has 0 aliphatic carbocycles. The molecular weight excluding hydrogens is 243 g/mol. The summed E-state index contributed by atoms with van der Waals surface area (Å²) in [5.74, 6) is 0.377. The van der Waals surface area contributed by atoms with Crippen molar-refractivity contribution in [3.05, 3.63) is 53.5 Å². The molecule has 3 nitrogen and oxygen atoms in total. The van der Waals surface area contributed by atoms with E-state index in [-0.39, 0.29) is 5.82 Å². The number of ether oxygens (including phenoxy) is 1. The zero-order valence-corrected chi connectivity index (χ0v) is 11.1. The van der Waals surface area contributed by atoms with Crippen molar-refractivity contribution in [2.75, 3.05) is 11.9 Å². The fraction of sp³-hybridized carbons (Fsp3) is 0.267. The summed E-state index contributed by atoms with van der Waals surface area (Å²) in [7, 11) is 0. The van der Waals surface area contributed by atoms with Crippen molar-refractivity contribution < 1.29 is 9.13 Å². The largest absolute Gasteiger partial charge is 0.476 e. The fourth-order valence-corrected chi connectivity index (χ4v) is 1.83. The number of hydrogen-bond acceptors (Lipinski definition) is 3. The van der Waals surface area contributed by atoms with Crippen molar-refractivity contribution in [1.29, 1.82) is 0 Å². The van der Waals surface area contributed by atoms with Gasteiger partial charge in [0.2, 0.25) is 5.88 Å². The van der Waals surface area contributed by atoms with E-state index in [1.165, 1.54) is 12.1 Å². The van der Waals surface area contributed by atoms with E-state index in [1.54, 1.807) is 12.3 Å². The molecule has 1 aromatic carbocycles. The van der Waals surface area contributed by atoms with Crippen LogP contribution in [0, 0.1) is 12.7 Å². The minimum absolute atomic E-state index is 0.211. The van der Waals surface area contributed by atoms with Crippen molar-refractivity contribution in [3.63, 3.8) is 0 Å². The lowest BCUT2D eigenvalue weighted by atomic mass is 10.1. The lowest BCUT2D eigenvalue weighted by Gasteiger charge is -2.12. The molecule has 100 valence electrons. The first kappa shape index (κ1) is 13.3. The Kier molecular flexibility index (Phi) is 4.34. The van der Waals surface area contributed by atoms with Crippen LogP contribution in [0.2, 0.25) is 0 Å². The van der Waals surface area contributed by atoms with Crippen LogP contribution in [0.3, 0.4) is 0 Å². The first-order chi connectivity index (χ1) is 9.20. The van der Waals surface area contributed by atoms with Crippen LogP contribution in [-0.4, -0.2) is 11.6 Å². The van der Waals surface area contributed by atoms with Gasteiger partial charge in [0.1, 0.15) is 5.82 Å². The highest BCUT2D eigenvalue weighted by molar-refractivity contribution is 5.52. The van der Waals surface area contributed by atoms with Gasteiger partial charge < -0.3 is 10.1 Å². The zero-order chi connectivity index (χ0) is 13.7. The summed E-state index contributed by atoms with van der Waals surface area (Å²) in [5.41, 5.74) is 2.81. The Hall–Kier alpha value is -2.10. The summed E-state index contributed by atoms with van der Waals surface area (Å²) in [5, 5.41) is 3.26. The number of rotatable bonds is 5.